The Balaban J connectivity index is 1.78. The van der Waals surface area contributed by atoms with E-state index in [1.165, 1.54) is 36.2 Å². The zero-order valence-electron chi connectivity index (χ0n) is 21.8. The second-order valence-corrected chi connectivity index (χ2v) is 13.2. The zero-order chi connectivity index (χ0) is 30.0. The predicted molar refractivity (Wildman–Crippen MR) is 144 cm³/mol. The molecule has 41 heavy (non-hydrogen) atoms. The van der Waals surface area contributed by atoms with Crippen LogP contribution in [-0.4, -0.2) is 101 Å². The molecule has 222 valence electrons. The standard InChI is InChI=1S/C21H26N8O9S3/c1-20(2,3)38-26-14(12-5-4-9-37-12)15(30)23-21(17(33)29-11(16(31)32)7-10-39-18(21)29)13(6-8-22-41(34,35)36)40-19-24-27-28-25-19/h4-5,7,9,13,18,22H,6,8,10H2,1-3H3,(H,23,30)(H,31,32)(H,34,35,36)(H,24,25,27,28)/t13?,18-,21?/m0/s1. The molecule has 5 N–H and O–H groups in total. The fourth-order valence-corrected chi connectivity index (χ4v) is 7.07. The van der Waals surface area contributed by atoms with Crippen LogP contribution in [0.15, 0.2) is 44.9 Å². The van der Waals surface area contributed by atoms with Crippen LogP contribution in [0.4, 0.5) is 0 Å². The van der Waals surface area contributed by atoms with Crippen molar-refractivity contribution in [3.05, 3.63) is 35.9 Å². The number of thioether (sulfide) groups is 2. The van der Waals surface area contributed by atoms with E-state index in [0.29, 0.717) is 0 Å². The molecule has 2 unspecified atom stereocenters. The molecule has 2 aliphatic heterocycles. The summed E-state index contributed by atoms with van der Waals surface area (Å²) in [7, 11) is -4.59. The SMILES string of the molecule is CC(C)(C)ON=C(C(=O)NC1(C(CCNS(=O)(=O)O)Sc2nnn[nH]2)C(=O)N2C(C(=O)O)=CCS[C@H]21)c1ccco1. The first-order chi connectivity index (χ1) is 19.2. The summed E-state index contributed by atoms with van der Waals surface area (Å²) in [4.78, 5) is 46.2. The fourth-order valence-electron chi connectivity index (χ4n) is 4.06. The molecule has 2 aromatic heterocycles. The number of oxime groups is 1. The molecule has 2 aromatic rings. The lowest BCUT2D eigenvalue weighted by Gasteiger charge is -2.59. The van der Waals surface area contributed by atoms with Crippen molar-refractivity contribution in [1.82, 2.24) is 35.6 Å². The number of aromatic amines is 1. The minimum absolute atomic E-state index is 0.0321. The van der Waals surface area contributed by atoms with Crippen molar-refractivity contribution in [2.24, 2.45) is 5.16 Å². The van der Waals surface area contributed by atoms with Gasteiger partial charge >= 0.3 is 16.3 Å². The Morgan fingerprint density at radius 1 is 1.44 bits per heavy atom. The van der Waals surface area contributed by atoms with Gasteiger partial charge < -0.3 is 19.7 Å². The first-order valence-electron chi connectivity index (χ1n) is 11.9. The number of nitrogens with one attached hydrogen (secondary N) is 3. The summed E-state index contributed by atoms with van der Waals surface area (Å²) in [5.41, 5.74) is -3.19. The van der Waals surface area contributed by atoms with E-state index in [1.54, 1.807) is 20.8 Å². The Kier molecular flexibility index (Phi) is 8.78. The summed E-state index contributed by atoms with van der Waals surface area (Å²) in [6.07, 6.45) is 2.56. The molecule has 0 bridgehead atoms. The summed E-state index contributed by atoms with van der Waals surface area (Å²) in [5, 5.41) is 28.0. The molecule has 1 fully saturated rings. The van der Waals surface area contributed by atoms with Crippen LogP contribution >= 0.6 is 23.5 Å². The van der Waals surface area contributed by atoms with Gasteiger partial charge in [-0.3, -0.25) is 19.0 Å². The Bertz CT molecular complexity index is 1460. The third kappa shape index (κ3) is 6.72. The number of aliphatic carboxylic acids is 1. The molecule has 0 aliphatic carbocycles. The number of rotatable bonds is 12. The van der Waals surface area contributed by atoms with Gasteiger partial charge in [-0.2, -0.15) is 13.1 Å². The van der Waals surface area contributed by atoms with Crippen LogP contribution in [0.2, 0.25) is 0 Å². The van der Waals surface area contributed by atoms with Crippen LogP contribution < -0.4 is 10.0 Å². The fraction of sp³-hybridized carbons (Fsp3) is 0.476. The van der Waals surface area contributed by atoms with Gasteiger partial charge in [-0.05, 0) is 55.8 Å². The number of hydrogen-bond donors (Lipinski definition) is 5. The highest BCUT2D eigenvalue weighted by Gasteiger charge is 2.68. The summed E-state index contributed by atoms with van der Waals surface area (Å²) >= 11 is 2.11. The number of carbonyl (C=O) groups is 3. The first-order valence-corrected chi connectivity index (χ1v) is 15.2. The number of tetrazole rings is 1. The predicted octanol–water partition coefficient (Wildman–Crippen LogP) is -0.00610. The number of carboxylic acids is 1. The number of fused-ring (bicyclic) bond motifs is 1. The third-order valence-corrected chi connectivity index (χ3v) is 8.80. The maximum Gasteiger partial charge on any atom is 0.352 e. The number of hydrogen-bond acceptors (Lipinski definition) is 13. The molecule has 0 saturated carbocycles. The summed E-state index contributed by atoms with van der Waals surface area (Å²) in [5.74, 6) is -2.76. The number of β-lactam (4-membered cyclic amide) rings is 1. The van der Waals surface area contributed by atoms with E-state index >= 15 is 0 Å². The van der Waals surface area contributed by atoms with Crippen LogP contribution in [0.3, 0.4) is 0 Å². The molecular weight excluding hydrogens is 604 g/mol. The Morgan fingerprint density at radius 3 is 2.78 bits per heavy atom. The van der Waals surface area contributed by atoms with Crippen molar-refractivity contribution in [2.75, 3.05) is 12.3 Å². The highest BCUT2D eigenvalue weighted by molar-refractivity contribution is 8.01. The smallest absolute Gasteiger partial charge is 0.352 e. The normalized spacial score (nSPS) is 21.9. The van der Waals surface area contributed by atoms with Gasteiger partial charge in [-0.25, -0.2) is 9.89 Å². The molecule has 2 aliphatic rings. The van der Waals surface area contributed by atoms with Crippen molar-refractivity contribution >= 4 is 57.3 Å². The number of aromatic nitrogens is 4. The van der Waals surface area contributed by atoms with E-state index < -0.39 is 49.9 Å². The van der Waals surface area contributed by atoms with Gasteiger partial charge in [-0.15, -0.1) is 16.9 Å². The highest BCUT2D eigenvalue weighted by Crippen LogP contribution is 2.50. The quantitative estimate of drug-likeness (QED) is 0.0681. The average molecular weight is 631 g/mol. The lowest BCUT2D eigenvalue weighted by atomic mass is 9.81. The van der Waals surface area contributed by atoms with E-state index in [0.717, 1.165) is 16.7 Å². The van der Waals surface area contributed by atoms with Crippen molar-refractivity contribution in [1.29, 1.82) is 0 Å². The van der Waals surface area contributed by atoms with Crippen LogP contribution in [0, 0.1) is 0 Å². The molecule has 4 heterocycles. The molecular formula is C21H26N8O9S3. The molecule has 2 amide bonds. The number of H-pyrrole nitrogens is 1. The number of carboxylic acid groups (broad SMARTS) is 1. The largest absolute Gasteiger partial charge is 0.477 e. The summed E-state index contributed by atoms with van der Waals surface area (Å²) in [6.45, 7) is 4.78. The van der Waals surface area contributed by atoms with Gasteiger partial charge in [0, 0.05) is 17.5 Å². The lowest BCUT2D eigenvalue weighted by Crippen LogP contribution is -2.83. The van der Waals surface area contributed by atoms with Gasteiger partial charge in [0.05, 0.1) is 6.26 Å². The summed E-state index contributed by atoms with van der Waals surface area (Å²) < 4.78 is 39.2. The van der Waals surface area contributed by atoms with E-state index in [1.807, 2.05) is 4.72 Å². The minimum Gasteiger partial charge on any atom is -0.477 e. The molecule has 17 nitrogen and oxygen atoms in total. The van der Waals surface area contributed by atoms with Crippen LogP contribution in [0.5, 0.6) is 0 Å². The number of nitrogens with zero attached hydrogens (tertiary/aromatic N) is 5. The van der Waals surface area contributed by atoms with E-state index in [-0.39, 0.29) is 41.0 Å². The van der Waals surface area contributed by atoms with E-state index in [2.05, 4.69) is 31.1 Å². The zero-order valence-corrected chi connectivity index (χ0v) is 24.2. The van der Waals surface area contributed by atoms with Crippen LogP contribution in [0.25, 0.3) is 0 Å². The van der Waals surface area contributed by atoms with Crippen molar-refractivity contribution in [3.63, 3.8) is 0 Å². The Labute approximate surface area is 241 Å². The van der Waals surface area contributed by atoms with Gasteiger partial charge in [0.25, 0.3) is 11.8 Å². The minimum atomic E-state index is -4.59. The molecule has 3 atom stereocenters. The van der Waals surface area contributed by atoms with Gasteiger partial charge in [0.2, 0.25) is 10.9 Å². The maximum atomic E-state index is 14.0. The topological polar surface area (TPSA) is 242 Å². The molecule has 0 aromatic carbocycles. The first kappa shape index (κ1) is 30.5. The van der Waals surface area contributed by atoms with Crippen LogP contribution in [0.1, 0.15) is 33.0 Å². The van der Waals surface area contributed by atoms with Gasteiger partial charge in [0.15, 0.2) is 11.3 Å². The number of carbonyl (C=O) groups excluding carboxylic acids is 2. The highest BCUT2D eigenvalue weighted by atomic mass is 32.2. The Hall–Kier alpha value is -3.46. The lowest BCUT2D eigenvalue weighted by molar-refractivity contribution is -0.158. The number of furan rings is 1. The second-order valence-electron chi connectivity index (χ2n) is 9.67. The van der Waals surface area contributed by atoms with E-state index in [4.69, 9.17) is 9.25 Å². The molecule has 0 radical (unpaired) electrons. The monoisotopic (exact) mass is 630 g/mol. The van der Waals surface area contributed by atoms with Crippen molar-refractivity contribution in [2.45, 2.75) is 54.1 Å². The average Bonchev–Trinajstić information content (AvgIpc) is 3.59. The third-order valence-electron chi connectivity index (χ3n) is 5.69. The van der Waals surface area contributed by atoms with Crippen LogP contribution in [-0.2, 0) is 29.5 Å². The van der Waals surface area contributed by atoms with Crippen molar-refractivity contribution in [3.8, 4) is 0 Å². The summed E-state index contributed by atoms with van der Waals surface area (Å²) in [6, 6.07) is 2.99. The molecule has 4 rings (SSSR count). The molecule has 1 saturated heterocycles. The van der Waals surface area contributed by atoms with Gasteiger partial charge in [-0.1, -0.05) is 16.9 Å². The Morgan fingerprint density at radius 2 is 2.20 bits per heavy atom. The number of amides is 2. The molecule has 20 heteroatoms. The second kappa shape index (κ2) is 11.8. The maximum absolute atomic E-state index is 14.0. The van der Waals surface area contributed by atoms with Gasteiger partial charge in [0.1, 0.15) is 16.7 Å². The van der Waals surface area contributed by atoms with E-state index in [9.17, 15) is 32.5 Å². The molecule has 0 spiro atoms. The van der Waals surface area contributed by atoms with Crippen molar-refractivity contribution < 1.29 is 41.7 Å².